The van der Waals surface area contributed by atoms with E-state index >= 15 is 0 Å². The second-order valence-corrected chi connectivity index (χ2v) is 5.94. The second kappa shape index (κ2) is 5.81. The summed E-state index contributed by atoms with van der Waals surface area (Å²) in [5, 5.41) is 0. The highest BCUT2D eigenvalue weighted by Gasteiger charge is 2.52. The summed E-state index contributed by atoms with van der Waals surface area (Å²) >= 11 is 0. The normalized spacial score (nSPS) is 27.1. The number of fused-ring (bicyclic) bond motifs is 1. The number of carbonyl (C=O) groups is 1. The quantitative estimate of drug-likeness (QED) is 0.509. The molecule has 3 rings (SSSR count). The van der Waals surface area contributed by atoms with E-state index in [2.05, 4.69) is 21.8 Å². The van der Waals surface area contributed by atoms with Gasteiger partial charge in [0.15, 0.2) is 0 Å². The number of ether oxygens (including phenoxy) is 2. The fourth-order valence-electron chi connectivity index (χ4n) is 2.18. The van der Waals surface area contributed by atoms with E-state index in [0.717, 1.165) is 18.8 Å². The summed E-state index contributed by atoms with van der Waals surface area (Å²) < 4.78 is 10.1. The first kappa shape index (κ1) is 14.8. The minimum Gasteiger partial charge on any atom is -0.462 e. The zero-order valence-corrected chi connectivity index (χ0v) is 12.2. The first-order valence-corrected chi connectivity index (χ1v) is 6.76. The molecule has 1 aromatic rings. The molecule has 3 unspecified atom stereocenters. The lowest BCUT2D eigenvalue weighted by molar-refractivity contribution is -0.138. The minimum atomic E-state index is -0.318. The van der Waals surface area contributed by atoms with Gasteiger partial charge in [-0.25, -0.2) is 0 Å². The molecule has 110 valence electrons. The van der Waals surface area contributed by atoms with Crippen LogP contribution in [0.25, 0.3) is 0 Å². The summed E-state index contributed by atoms with van der Waals surface area (Å²) in [6.07, 6.45) is 0.351. The highest BCUT2D eigenvalue weighted by Crippen LogP contribution is 2.46. The Kier molecular flexibility index (Phi) is 4.30. The Morgan fingerprint density at radius 1 is 1.35 bits per heavy atom. The summed E-state index contributed by atoms with van der Waals surface area (Å²) in [4.78, 5) is 12.0. The predicted molar refractivity (Wildman–Crippen MR) is 76.9 cm³/mol. The van der Waals surface area contributed by atoms with Crippen LogP contribution in [0, 0.1) is 0 Å². The molecule has 2 aliphatic heterocycles. The van der Waals surface area contributed by atoms with Crippen molar-refractivity contribution in [1.29, 1.82) is 0 Å². The molecular weight excluding hydrogens is 256 g/mol. The number of rotatable bonds is 2. The molecule has 2 fully saturated rings. The van der Waals surface area contributed by atoms with Gasteiger partial charge in [-0.05, 0) is 38.5 Å². The van der Waals surface area contributed by atoms with Crippen molar-refractivity contribution in [2.24, 2.45) is 0 Å². The summed E-state index contributed by atoms with van der Waals surface area (Å²) in [6, 6.07) is 8.56. The number of nitrogens with two attached hydrogens (primary N) is 1. The first-order chi connectivity index (χ1) is 9.42. The second-order valence-electron chi connectivity index (χ2n) is 5.94. The molecule has 0 bridgehead atoms. The molecule has 0 aromatic heterocycles. The average molecular weight is 278 g/mol. The molecule has 2 heterocycles. The number of benzene rings is 1. The molecule has 0 spiro atoms. The van der Waals surface area contributed by atoms with Gasteiger partial charge in [0.05, 0.1) is 12.6 Å². The van der Waals surface area contributed by atoms with Gasteiger partial charge in [-0.1, -0.05) is 12.1 Å². The van der Waals surface area contributed by atoms with Crippen LogP contribution in [0.3, 0.4) is 0 Å². The minimum absolute atomic E-state index is 0.318. The Morgan fingerprint density at radius 2 is 2.00 bits per heavy atom. The monoisotopic (exact) mass is 278 g/mol. The maximum Gasteiger partial charge on any atom is 0.293 e. The predicted octanol–water partition coefficient (Wildman–Crippen LogP) is 1.94. The molecule has 5 nitrogen and oxygen atoms in total. The van der Waals surface area contributed by atoms with E-state index in [4.69, 9.17) is 10.5 Å². The number of hydrogen-bond acceptors (Lipinski definition) is 5. The van der Waals surface area contributed by atoms with E-state index in [0.29, 0.717) is 18.7 Å². The van der Waals surface area contributed by atoms with Crippen LogP contribution >= 0.6 is 0 Å². The fraction of sp³-hybridized carbons (Fsp3) is 0.533. The number of nitrogens with zero attached hydrogens (tertiary/aromatic N) is 1. The van der Waals surface area contributed by atoms with E-state index < -0.39 is 0 Å². The van der Waals surface area contributed by atoms with E-state index in [1.165, 1.54) is 5.56 Å². The molecule has 0 radical (unpaired) electrons. The van der Waals surface area contributed by atoms with Gasteiger partial charge in [0.1, 0.15) is 11.8 Å². The number of anilines is 1. The lowest BCUT2D eigenvalue weighted by atomic mass is 10.1. The summed E-state index contributed by atoms with van der Waals surface area (Å²) in [5.41, 5.74) is 7.44. The van der Waals surface area contributed by atoms with Crippen LogP contribution in [0.5, 0.6) is 0 Å². The average Bonchev–Trinajstić information content (AvgIpc) is 2.83. The molecule has 0 saturated carbocycles. The van der Waals surface area contributed by atoms with Crippen molar-refractivity contribution in [3.63, 3.8) is 0 Å². The van der Waals surface area contributed by atoms with Crippen LogP contribution in [-0.2, 0) is 14.3 Å². The molecule has 0 aliphatic carbocycles. The lowest BCUT2D eigenvalue weighted by Gasteiger charge is -2.14. The third-order valence-electron chi connectivity index (χ3n) is 3.18. The maximum absolute atomic E-state index is 9.60. The Bertz CT molecular complexity index is 443. The zero-order valence-electron chi connectivity index (χ0n) is 12.2. The number of nitrogen functional groups attached to an aromatic ring is 1. The van der Waals surface area contributed by atoms with Crippen LogP contribution in [0.4, 0.5) is 5.69 Å². The molecule has 3 atom stereocenters. The Hall–Kier alpha value is -1.59. The SMILES string of the molecule is CC(C)(C)OC=O.Nc1ccc(C2C3OCCN32)cc1. The molecule has 2 N–H and O–H groups in total. The van der Waals surface area contributed by atoms with Crippen LogP contribution in [0.15, 0.2) is 24.3 Å². The molecule has 5 heteroatoms. The van der Waals surface area contributed by atoms with Gasteiger partial charge >= 0.3 is 0 Å². The largest absolute Gasteiger partial charge is 0.462 e. The Balaban J connectivity index is 0.000000182. The van der Waals surface area contributed by atoms with Crippen LogP contribution in [-0.4, -0.2) is 36.4 Å². The van der Waals surface area contributed by atoms with E-state index in [-0.39, 0.29) is 5.60 Å². The van der Waals surface area contributed by atoms with Crippen LogP contribution in [0.2, 0.25) is 0 Å². The van der Waals surface area contributed by atoms with E-state index in [9.17, 15) is 4.79 Å². The zero-order chi connectivity index (χ0) is 14.8. The summed E-state index contributed by atoms with van der Waals surface area (Å²) in [5.74, 6) is 0. The molecule has 2 aliphatic rings. The van der Waals surface area contributed by atoms with Gasteiger partial charge in [-0.2, -0.15) is 0 Å². The molecule has 0 amide bonds. The smallest absolute Gasteiger partial charge is 0.293 e. The van der Waals surface area contributed by atoms with Crippen LogP contribution < -0.4 is 5.73 Å². The topological polar surface area (TPSA) is 64.6 Å². The third-order valence-corrected chi connectivity index (χ3v) is 3.18. The van der Waals surface area contributed by atoms with Crippen molar-refractivity contribution in [2.45, 2.75) is 38.6 Å². The van der Waals surface area contributed by atoms with Crippen molar-refractivity contribution in [3.8, 4) is 0 Å². The Labute approximate surface area is 119 Å². The number of carbonyl (C=O) groups excluding carboxylic acids is 1. The van der Waals surface area contributed by atoms with Gasteiger partial charge in [-0.15, -0.1) is 0 Å². The molecule has 1 aromatic carbocycles. The first-order valence-electron chi connectivity index (χ1n) is 6.76. The van der Waals surface area contributed by atoms with E-state index in [1.54, 1.807) is 0 Å². The van der Waals surface area contributed by atoms with Gasteiger partial charge in [0, 0.05) is 12.2 Å². The number of hydrogen-bond donors (Lipinski definition) is 1. The van der Waals surface area contributed by atoms with Gasteiger partial charge < -0.3 is 15.2 Å². The molecular formula is C15H22N2O3. The standard InChI is InChI=1S/C10H12N2O.C5H10O2/c11-8-3-1-7(2-4-8)9-10-12(9)5-6-13-10;1-5(2,3)7-4-6/h1-4,9-10H,5-6,11H2;4H,1-3H3. The van der Waals surface area contributed by atoms with Crippen molar-refractivity contribution < 1.29 is 14.3 Å². The third kappa shape index (κ3) is 3.71. The van der Waals surface area contributed by atoms with Gasteiger partial charge in [0.25, 0.3) is 6.47 Å². The van der Waals surface area contributed by atoms with Crippen LogP contribution in [0.1, 0.15) is 32.4 Å². The molecule has 20 heavy (non-hydrogen) atoms. The highest BCUT2D eigenvalue weighted by atomic mass is 16.5. The Morgan fingerprint density at radius 3 is 2.40 bits per heavy atom. The van der Waals surface area contributed by atoms with Crippen molar-refractivity contribution in [3.05, 3.63) is 29.8 Å². The summed E-state index contributed by atoms with van der Waals surface area (Å²) in [7, 11) is 0. The van der Waals surface area contributed by atoms with Crippen molar-refractivity contribution in [2.75, 3.05) is 18.9 Å². The lowest BCUT2D eigenvalue weighted by Crippen LogP contribution is -2.17. The van der Waals surface area contributed by atoms with Crippen molar-refractivity contribution in [1.82, 2.24) is 4.90 Å². The van der Waals surface area contributed by atoms with Gasteiger partial charge in [-0.3, -0.25) is 9.69 Å². The fourth-order valence-corrected chi connectivity index (χ4v) is 2.18. The van der Waals surface area contributed by atoms with Crippen molar-refractivity contribution >= 4 is 12.2 Å². The summed E-state index contributed by atoms with van der Waals surface area (Å²) in [6.45, 7) is 7.88. The maximum atomic E-state index is 9.60. The van der Waals surface area contributed by atoms with Gasteiger partial charge in [0.2, 0.25) is 0 Å². The number of morpholine rings is 1. The van der Waals surface area contributed by atoms with E-state index in [1.807, 2.05) is 32.9 Å². The molecule has 2 saturated heterocycles. The highest BCUT2D eigenvalue weighted by molar-refractivity contribution is 5.41.